The molecule has 3 rings (SSSR count). The number of hydrogen-bond donors (Lipinski definition) is 1. The van der Waals surface area contributed by atoms with Crippen molar-refractivity contribution >= 4 is 0 Å². The summed E-state index contributed by atoms with van der Waals surface area (Å²) in [5.74, 6) is -3.09. The van der Waals surface area contributed by atoms with Gasteiger partial charge in [-0.25, -0.2) is 13.2 Å². The standard InChI is InChI=1S/C23H21F3O/c1-2-3-16-8-11-19(20(24)12-16)18-9-6-15(7-10-18)4-5-17-13-21(25)23(27)22(26)14-17/h6-14,27H,2-5H2,1H3. The molecule has 3 aromatic rings. The van der Waals surface area contributed by atoms with E-state index in [0.29, 0.717) is 24.0 Å². The van der Waals surface area contributed by atoms with Crippen molar-refractivity contribution in [1.82, 2.24) is 0 Å². The van der Waals surface area contributed by atoms with Crippen molar-refractivity contribution in [2.45, 2.75) is 32.6 Å². The van der Waals surface area contributed by atoms with E-state index >= 15 is 0 Å². The molecule has 1 N–H and O–H groups in total. The van der Waals surface area contributed by atoms with E-state index in [1.807, 2.05) is 30.3 Å². The third kappa shape index (κ3) is 4.51. The minimum Gasteiger partial charge on any atom is -0.503 e. The van der Waals surface area contributed by atoms with Gasteiger partial charge < -0.3 is 5.11 Å². The molecule has 0 fully saturated rings. The summed E-state index contributed by atoms with van der Waals surface area (Å²) in [4.78, 5) is 0. The Bertz CT molecular complexity index is 910. The van der Waals surface area contributed by atoms with Crippen LogP contribution in [0.1, 0.15) is 30.0 Å². The van der Waals surface area contributed by atoms with Gasteiger partial charge >= 0.3 is 0 Å². The van der Waals surface area contributed by atoms with Gasteiger partial charge in [-0.2, -0.15) is 0 Å². The van der Waals surface area contributed by atoms with Gasteiger partial charge in [0.2, 0.25) is 0 Å². The molecule has 0 radical (unpaired) electrons. The predicted octanol–water partition coefficient (Wildman–Crippen LogP) is 6.21. The highest BCUT2D eigenvalue weighted by Crippen LogP contribution is 2.26. The number of aromatic hydroxyl groups is 1. The fourth-order valence-electron chi connectivity index (χ4n) is 3.14. The average molecular weight is 370 g/mol. The SMILES string of the molecule is CCCc1ccc(-c2ccc(CCc3cc(F)c(O)c(F)c3)cc2)c(F)c1. The van der Waals surface area contributed by atoms with E-state index in [4.69, 9.17) is 5.11 Å². The second-order valence-electron chi connectivity index (χ2n) is 6.67. The van der Waals surface area contributed by atoms with Gasteiger partial charge in [-0.3, -0.25) is 0 Å². The fourth-order valence-corrected chi connectivity index (χ4v) is 3.14. The summed E-state index contributed by atoms with van der Waals surface area (Å²) in [5, 5.41) is 9.14. The van der Waals surface area contributed by atoms with Gasteiger partial charge in [-0.15, -0.1) is 0 Å². The molecule has 0 aliphatic heterocycles. The van der Waals surface area contributed by atoms with Crippen LogP contribution in [0.3, 0.4) is 0 Å². The van der Waals surface area contributed by atoms with E-state index in [1.165, 1.54) is 0 Å². The maximum atomic E-state index is 14.3. The summed E-state index contributed by atoms with van der Waals surface area (Å²) in [7, 11) is 0. The molecule has 0 aromatic heterocycles. The second-order valence-corrected chi connectivity index (χ2v) is 6.67. The zero-order chi connectivity index (χ0) is 19.4. The van der Waals surface area contributed by atoms with Crippen molar-refractivity contribution in [3.8, 4) is 16.9 Å². The number of phenolic OH excluding ortho intramolecular Hbond substituents is 1. The van der Waals surface area contributed by atoms with E-state index in [1.54, 1.807) is 12.1 Å². The molecule has 0 aliphatic rings. The molecule has 3 aromatic carbocycles. The van der Waals surface area contributed by atoms with Crippen LogP contribution in [0, 0.1) is 17.5 Å². The Morgan fingerprint density at radius 3 is 1.81 bits per heavy atom. The summed E-state index contributed by atoms with van der Waals surface area (Å²) >= 11 is 0. The van der Waals surface area contributed by atoms with Crippen LogP contribution in [0.2, 0.25) is 0 Å². The lowest BCUT2D eigenvalue weighted by atomic mass is 9.98. The lowest BCUT2D eigenvalue weighted by Gasteiger charge is -2.08. The smallest absolute Gasteiger partial charge is 0.187 e. The predicted molar refractivity (Wildman–Crippen MR) is 101 cm³/mol. The monoisotopic (exact) mass is 370 g/mol. The van der Waals surface area contributed by atoms with Crippen LogP contribution in [0.5, 0.6) is 5.75 Å². The Labute approximate surface area is 157 Å². The first-order valence-electron chi connectivity index (χ1n) is 9.02. The molecular weight excluding hydrogens is 349 g/mol. The number of benzene rings is 3. The number of halogens is 3. The minimum atomic E-state index is -0.956. The van der Waals surface area contributed by atoms with E-state index < -0.39 is 17.4 Å². The topological polar surface area (TPSA) is 20.2 Å². The molecular formula is C23H21F3O. The molecule has 0 atom stereocenters. The zero-order valence-corrected chi connectivity index (χ0v) is 15.1. The van der Waals surface area contributed by atoms with Crippen LogP contribution in [-0.2, 0) is 19.3 Å². The third-order valence-electron chi connectivity index (χ3n) is 4.62. The quantitative estimate of drug-likeness (QED) is 0.546. The van der Waals surface area contributed by atoms with Crippen LogP contribution in [0.15, 0.2) is 54.6 Å². The fraction of sp³-hybridized carbons (Fsp3) is 0.217. The summed E-state index contributed by atoms with van der Waals surface area (Å²) in [6.07, 6.45) is 2.85. The Hall–Kier alpha value is -2.75. The first-order valence-corrected chi connectivity index (χ1v) is 9.02. The largest absolute Gasteiger partial charge is 0.503 e. The highest BCUT2D eigenvalue weighted by atomic mass is 19.1. The summed E-state index contributed by atoms with van der Waals surface area (Å²) in [5.41, 5.74) is 3.80. The van der Waals surface area contributed by atoms with Gasteiger partial charge in [0, 0.05) is 5.56 Å². The molecule has 4 heteroatoms. The lowest BCUT2D eigenvalue weighted by Crippen LogP contribution is -1.95. The molecule has 140 valence electrons. The van der Waals surface area contributed by atoms with Crippen LogP contribution in [0.25, 0.3) is 11.1 Å². The summed E-state index contributed by atoms with van der Waals surface area (Å²) in [6, 6.07) is 15.1. The molecule has 0 bridgehead atoms. The molecule has 27 heavy (non-hydrogen) atoms. The number of rotatable bonds is 6. The second kappa shape index (κ2) is 8.30. The Morgan fingerprint density at radius 1 is 0.667 bits per heavy atom. The maximum absolute atomic E-state index is 14.3. The van der Waals surface area contributed by atoms with E-state index in [2.05, 4.69) is 6.92 Å². The van der Waals surface area contributed by atoms with E-state index in [-0.39, 0.29) is 5.82 Å². The first-order chi connectivity index (χ1) is 13.0. The van der Waals surface area contributed by atoms with Crippen molar-refractivity contribution in [2.24, 2.45) is 0 Å². The van der Waals surface area contributed by atoms with Gasteiger partial charge in [0.05, 0.1) is 0 Å². The summed E-state index contributed by atoms with van der Waals surface area (Å²) < 4.78 is 41.1. The number of hydrogen-bond acceptors (Lipinski definition) is 1. The van der Waals surface area contributed by atoms with Gasteiger partial charge in [-0.1, -0.05) is 49.7 Å². The molecule has 0 saturated heterocycles. The molecule has 1 nitrogen and oxygen atoms in total. The lowest BCUT2D eigenvalue weighted by molar-refractivity contribution is 0.395. The van der Waals surface area contributed by atoms with Crippen LogP contribution in [-0.4, -0.2) is 5.11 Å². The van der Waals surface area contributed by atoms with Gasteiger partial charge in [0.25, 0.3) is 0 Å². The highest BCUT2D eigenvalue weighted by Gasteiger charge is 2.10. The Kier molecular flexibility index (Phi) is 5.84. The number of aryl methyl sites for hydroxylation is 3. The van der Waals surface area contributed by atoms with Crippen molar-refractivity contribution in [3.63, 3.8) is 0 Å². The Balaban J connectivity index is 1.70. The Morgan fingerprint density at radius 2 is 1.22 bits per heavy atom. The molecule has 0 heterocycles. The van der Waals surface area contributed by atoms with Gasteiger partial charge in [-0.05, 0) is 59.7 Å². The molecule has 0 amide bonds. The minimum absolute atomic E-state index is 0.233. The van der Waals surface area contributed by atoms with Crippen molar-refractivity contribution < 1.29 is 18.3 Å². The van der Waals surface area contributed by atoms with Crippen molar-refractivity contribution in [3.05, 3.63) is 88.7 Å². The van der Waals surface area contributed by atoms with Crippen LogP contribution >= 0.6 is 0 Å². The third-order valence-corrected chi connectivity index (χ3v) is 4.62. The molecule has 0 aliphatic carbocycles. The van der Waals surface area contributed by atoms with Crippen LogP contribution in [0.4, 0.5) is 13.2 Å². The average Bonchev–Trinajstić information content (AvgIpc) is 2.65. The zero-order valence-electron chi connectivity index (χ0n) is 15.1. The van der Waals surface area contributed by atoms with Gasteiger partial charge in [0.1, 0.15) is 5.82 Å². The van der Waals surface area contributed by atoms with Crippen molar-refractivity contribution in [1.29, 1.82) is 0 Å². The molecule has 0 unspecified atom stereocenters. The van der Waals surface area contributed by atoms with E-state index in [9.17, 15) is 13.2 Å². The van der Waals surface area contributed by atoms with E-state index in [0.717, 1.165) is 41.7 Å². The number of phenols is 1. The molecule has 0 saturated carbocycles. The highest BCUT2D eigenvalue weighted by molar-refractivity contribution is 5.64. The maximum Gasteiger partial charge on any atom is 0.187 e. The van der Waals surface area contributed by atoms with Crippen molar-refractivity contribution in [2.75, 3.05) is 0 Å². The first kappa shape index (κ1) is 19.0. The van der Waals surface area contributed by atoms with Crippen LogP contribution < -0.4 is 0 Å². The normalized spacial score (nSPS) is 11.0. The van der Waals surface area contributed by atoms with Gasteiger partial charge in [0.15, 0.2) is 17.4 Å². The summed E-state index contributed by atoms with van der Waals surface area (Å²) in [6.45, 7) is 2.06. The molecule has 0 spiro atoms.